The van der Waals surface area contributed by atoms with Crippen molar-refractivity contribution in [2.45, 2.75) is 26.3 Å². The molecule has 104 valence electrons. The monoisotopic (exact) mass is 266 g/mol. The van der Waals surface area contributed by atoms with Gasteiger partial charge in [0.1, 0.15) is 11.5 Å². The molecule has 7 nitrogen and oxygen atoms in total. The lowest BCUT2D eigenvalue weighted by Gasteiger charge is -2.18. The zero-order chi connectivity index (χ0) is 14.3. The van der Waals surface area contributed by atoms with Gasteiger partial charge in [0.05, 0.1) is 5.92 Å². The first-order valence-electron chi connectivity index (χ1n) is 6.25. The zero-order valence-corrected chi connectivity index (χ0v) is 11.5. The Hall–Kier alpha value is -2.05. The van der Waals surface area contributed by atoms with Gasteiger partial charge in [0.2, 0.25) is 5.91 Å². The van der Waals surface area contributed by atoms with E-state index >= 15 is 0 Å². The number of hydrogen-bond donors (Lipinski definition) is 2. The Morgan fingerprint density at radius 2 is 1.79 bits per heavy atom. The molecule has 1 aliphatic heterocycles. The van der Waals surface area contributed by atoms with Crippen LogP contribution in [0.15, 0.2) is 9.59 Å². The molecule has 1 aromatic rings. The van der Waals surface area contributed by atoms with E-state index in [2.05, 4.69) is 10.6 Å². The number of fused-ring (bicyclic) bond motifs is 1. The maximum absolute atomic E-state index is 12.1. The van der Waals surface area contributed by atoms with Gasteiger partial charge in [0.25, 0.3) is 5.56 Å². The van der Waals surface area contributed by atoms with Gasteiger partial charge in [-0.15, -0.1) is 0 Å². The van der Waals surface area contributed by atoms with Crippen molar-refractivity contribution in [1.82, 2.24) is 9.13 Å². The molecule has 0 saturated carbocycles. The Bertz CT molecular complexity index is 644. The minimum atomic E-state index is -0.464. The first-order chi connectivity index (χ1) is 8.88. The summed E-state index contributed by atoms with van der Waals surface area (Å²) in [6.07, 6.45) is 0.655. The second-order valence-electron chi connectivity index (χ2n) is 4.87. The molecule has 19 heavy (non-hydrogen) atoms. The lowest BCUT2D eigenvalue weighted by Crippen LogP contribution is -2.39. The molecule has 0 fully saturated rings. The number of anilines is 2. The summed E-state index contributed by atoms with van der Waals surface area (Å²) in [6.45, 7) is 3.77. The molecule has 1 amide bonds. The predicted molar refractivity (Wildman–Crippen MR) is 72.4 cm³/mol. The molecule has 2 unspecified atom stereocenters. The van der Waals surface area contributed by atoms with Crippen molar-refractivity contribution >= 4 is 17.4 Å². The van der Waals surface area contributed by atoms with Crippen LogP contribution in [0.5, 0.6) is 0 Å². The minimum absolute atomic E-state index is 0.170. The SMILES string of the molecule is CCC1C(=O)Nc2c(c(=O)n(C)c(=O)n2C)NC1C. The third kappa shape index (κ3) is 1.94. The van der Waals surface area contributed by atoms with Gasteiger partial charge in [-0.1, -0.05) is 6.92 Å². The number of amides is 1. The highest BCUT2D eigenvalue weighted by atomic mass is 16.2. The smallest absolute Gasteiger partial charge is 0.332 e. The summed E-state index contributed by atoms with van der Waals surface area (Å²) < 4.78 is 2.30. The zero-order valence-electron chi connectivity index (χ0n) is 11.5. The molecule has 0 saturated heterocycles. The van der Waals surface area contributed by atoms with Crippen LogP contribution in [0.1, 0.15) is 20.3 Å². The fourth-order valence-electron chi connectivity index (χ4n) is 2.42. The first kappa shape index (κ1) is 13.4. The summed E-state index contributed by atoms with van der Waals surface area (Å²) in [5.41, 5.74) is -0.628. The Kier molecular flexibility index (Phi) is 3.21. The summed E-state index contributed by atoms with van der Waals surface area (Å²) in [5.74, 6) is -0.183. The van der Waals surface area contributed by atoms with Crippen molar-refractivity contribution in [2.24, 2.45) is 20.0 Å². The molecule has 0 aliphatic carbocycles. The van der Waals surface area contributed by atoms with Gasteiger partial charge >= 0.3 is 5.69 Å². The van der Waals surface area contributed by atoms with E-state index in [0.717, 1.165) is 4.57 Å². The molecule has 2 N–H and O–H groups in total. The van der Waals surface area contributed by atoms with Crippen molar-refractivity contribution in [3.8, 4) is 0 Å². The minimum Gasteiger partial charge on any atom is -0.374 e. The molecule has 7 heteroatoms. The van der Waals surface area contributed by atoms with Crippen LogP contribution in [0.3, 0.4) is 0 Å². The Labute approximate surface area is 110 Å². The highest BCUT2D eigenvalue weighted by molar-refractivity contribution is 5.96. The number of hydrogen-bond acceptors (Lipinski definition) is 4. The number of nitrogens with zero attached hydrogens (tertiary/aromatic N) is 2. The van der Waals surface area contributed by atoms with Crippen LogP contribution >= 0.6 is 0 Å². The second-order valence-corrected chi connectivity index (χ2v) is 4.87. The van der Waals surface area contributed by atoms with Crippen LogP contribution in [0, 0.1) is 5.92 Å². The summed E-state index contributed by atoms with van der Waals surface area (Å²) in [4.78, 5) is 36.1. The summed E-state index contributed by atoms with van der Waals surface area (Å²) in [5, 5.41) is 5.73. The molecule has 0 bridgehead atoms. The van der Waals surface area contributed by atoms with E-state index in [0.29, 0.717) is 6.42 Å². The standard InChI is InChI=1S/C12H18N4O3/c1-5-7-6(2)13-8-9(14-10(7)17)15(3)12(19)16(4)11(8)18/h6-7,13H,5H2,1-4H3,(H,14,17). The first-order valence-corrected chi connectivity index (χ1v) is 6.25. The van der Waals surface area contributed by atoms with Crippen molar-refractivity contribution < 1.29 is 4.79 Å². The third-order valence-electron chi connectivity index (χ3n) is 3.66. The van der Waals surface area contributed by atoms with Gasteiger partial charge < -0.3 is 10.6 Å². The van der Waals surface area contributed by atoms with Crippen LogP contribution in [0.25, 0.3) is 0 Å². The lowest BCUT2D eigenvalue weighted by molar-refractivity contribution is -0.120. The van der Waals surface area contributed by atoms with E-state index in [9.17, 15) is 14.4 Å². The highest BCUT2D eigenvalue weighted by Gasteiger charge is 2.31. The maximum Gasteiger partial charge on any atom is 0.332 e. The van der Waals surface area contributed by atoms with Gasteiger partial charge in [-0.05, 0) is 13.3 Å². The number of carbonyl (C=O) groups excluding carboxylic acids is 1. The molecule has 0 radical (unpaired) electrons. The van der Waals surface area contributed by atoms with E-state index in [4.69, 9.17) is 0 Å². The van der Waals surface area contributed by atoms with Crippen molar-refractivity contribution in [2.75, 3.05) is 10.6 Å². The Balaban J connectivity index is 2.70. The molecule has 0 aromatic carbocycles. The fourth-order valence-corrected chi connectivity index (χ4v) is 2.42. The molecule has 2 heterocycles. The fraction of sp³-hybridized carbons (Fsp3) is 0.583. The number of rotatable bonds is 1. The van der Waals surface area contributed by atoms with Crippen LogP contribution in [0.2, 0.25) is 0 Å². The van der Waals surface area contributed by atoms with Gasteiger partial charge in [-0.25, -0.2) is 4.79 Å². The summed E-state index contributed by atoms with van der Waals surface area (Å²) in [7, 11) is 2.95. The van der Waals surface area contributed by atoms with Crippen molar-refractivity contribution in [1.29, 1.82) is 0 Å². The van der Waals surface area contributed by atoms with E-state index < -0.39 is 11.2 Å². The van der Waals surface area contributed by atoms with E-state index in [1.165, 1.54) is 18.7 Å². The maximum atomic E-state index is 12.1. The third-order valence-corrected chi connectivity index (χ3v) is 3.66. The largest absolute Gasteiger partial charge is 0.374 e. The Morgan fingerprint density at radius 1 is 1.16 bits per heavy atom. The van der Waals surface area contributed by atoms with E-state index in [-0.39, 0.29) is 29.4 Å². The Morgan fingerprint density at radius 3 is 2.37 bits per heavy atom. The van der Waals surface area contributed by atoms with E-state index in [1.54, 1.807) is 0 Å². The molecule has 1 aromatic heterocycles. The van der Waals surface area contributed by atoms with Gasteiger partial charge in [-0.2, -0.15) is 0 Å². The topological polar surface area (TPSA) is 85.1 Å². The van der Waals surface area contributed by atoms with Crippen LogP contribution in [-0.4, -0.2) is 21.1 Å². The van der Waals surface area contributed by atoms with Crippen LogP contribution < -0.4 is 21.9 Å². The van der Waals surface area contributed by atoms with Crippen molar-refractivity contribution in [3.63, 3.8) is 0 Å². The molecule has 2 atom stereocenters. The van der Waals surface area contributed by atoms with Crippen molar-refractivity contribution in [3.05, 3.63) is 20.8 Å². The molecule has 2 rings (SSSR count). The molecule has 1 aliphatic rings. The van der Waals surface area contributed by atoms with Crippen LogP contribution in [0.4, 0.5) is 11.5 Å². The normalized spacial score (nSPS) is 22.2. The predicted octanol–water partition coefficient (Wildman–Crippen LogP) is -0.137. The van der Waals surface area contributed by atoms with E-state index in [1.807, 2.05) is 13.8 Å². The van der Waals surface area contributed by atoms with Gasteiger partial charge in [-0.3, -0.25) is 18.7 Å². The summed E-state index contributed by atoms with van der Waals surface area (Å²) >= 11 is 0. The number of aromatic nitrogens is 2. The second kappa shape index (κ2) is 4.56. The van der Waals surface area contributed by atoms with Gasteiger partial charge in [0.15, 0.2) is 0 Å². The quantitative estimate of drug-likeness (QED) is 0.741. The molecule has 0 spiro atoms. The highest BCUT2D eigenvalue weighted by Crippen LogP contribution is 2.24. The van der Waals surface area contributed by atoms with Gasteiger partial charge in [0, 0.05) is 20.1 Å². The van der Waals surface area contributed by atoms with Crippen LogP contribution in [-0.2, 0) is 18.9 Å². The number of carbonyl (C=O) groups is 1. The lowest BCUT2D eigenvalue weighted by atomic mass is 9.98. The summed E-state index contributed by atoms with van der Waals surface area (Å²) in [6, 6.07) is -0.170. The molecular weight excluding hydrogens is 248 g/mol. The average Bonchev–Trinajstić information content (AvgIpc) is 2.50. The molecular formula is C12H18N4O3. The number of nitrogens with one attached hydrogen (secondary N) is 2. The average molecular weight is 266 g/mol.